The van der Waals surface area contributed by atoms with Gasteiger partial charge in [-0.1, -0.05) is 20.3 Å². The number of nitrogens with zero attached hydrogens (tertiary/aromatic N) is 2. The van der Waals surface area contributed by atoms with Crippen molar-refractivity contribution in [3.8, 4) is 0 Å². The Hall–Kier alpha value is -1.30. The number of rotatable bonds is 6. The molecule has 0 aliphatic carbocycles. The second-order valence-corrected chi connectivity index (χ2v) is 5.41. The van der Waals surface area contributed by atoms with Crippen LogP contribution in [0.4, 0.5) is 4.79 Å². The summed E-state index contributed by atoms with van der Waals surface area (Å²) >= 11 is 0. The van der Waals surface area contributed by atoms with E-state index in [-0.39, 0.29) is 6.03 Å². The van der Waals surface area contributed by atoms with Crippen molar-refractivity contribution in [1.29, 1.82) is 0 Å². The number of piperazine rings is 1. The number of carbonyl (C=O) groups is 2. The van der Waals surface area contributed by atoms with E-state index in [1.165, 1.54) is 0 Å². The van der Waals surface area contributed by atoms with Crippen LogP contribution in [0.1, 0.15) is 40.0 Å². The zero-order valence-corrected chi connectivity index (χ0v) is 12.8. The first kappa shape index (κ1) is 16.8. The molecule has 116 valence electrons. The van der Waals surface area contributed by atoms with E-state index < -0.39 is 12.0 Å². The Kier molecular flexibility index (Phi) is 6.78. The highest BCUT2D eigenvalue weighted by molar-refractivity contribution is 5.82. The zero-order chi connectivity index (χ0) is 15.1. The lowest BCUT2D eigenvalue weighted by atomic mass is 10.1. The van der Waals surface area contributed by atoms with Crippen LogP contribution in [0.5, 0.6) is 0 Å². The fourth-order valence-electron chi connectivity index (χ4n) is 2.41. The van der Waals surface area contributed by atoms with Crippen LogP contribution in [0.3, 0.4) is 0 Å². The van der Waals surface area contributed by atoms with Crippen molar-refractivity contribution in [1.82, 2.24) is 15.1 Å². The molecule has 1 aliphatic heterocycles. The summed E-state index contributed by atoms with van der Waals surface area (Å²) in [6.07, 6.45) is 2.30. The van der Waals surface area contributed by atoms with Crippen LogP contribution in [0.15, 0.2) is 0 Å². The molecule has 6 heteroatoms. The molecule has 0 bridgehead atoms. The molecular weight excluding hydrogens is 258 g/mol. The Morgan fingerprint density at radius 3 is 2.25 bits per heavy atom. The summed E-state index contributed by atoms with van der Waals surface area (Å²) in [5.41, 5.74) is 0. The molecule has 1 unspecified atom stereocenters. The number of hydrogen-bond donors (Lipinski definition) is 2. The number of carbonyl (C=O) groups excluding carboxylic acids is 1. The van der Waals surface area contributed by atoms with Crippen LogP contribution in [0, 0.1) is 0 Å². The maximum Gasteiger partial charge on any atom is 0.326 e. The van der Waals surface area contributed by atoms with Gasteiger partial charge in [0.05, 0.1) is 0 Å². The minimum atomic E-state index is -0.960. The molecule has 2 amide bonds. The lowest BCUT2D eigenvalue weighted by Crippen LogP contribution is -2.55. The average molecular weight is 285 g/mol. The van der Waals surface area contributed by atoms with E-state index in [0.29, 0.717) is 25.6 Å². The summed E-state index contributed by atoms with van der Waals surface area (Å²) in [6.45, 7) is 9.29. The van der Waals surface area contributed by atoms with E-state index in [1.54, 1.807) is 4.90 Å². The molecule has 6 nitrogen and oxygen atoms in total. The second kappa shape index (κ2) is 8.09. The summed E-state index contributed by atoms with van der Waals surface area (Å²) in [5.74, 6) is -0.960. The predicted octanol–water partition coefficient (Wildman–Crippen LogP) is 1.37. The molecule has 1 heterocycles. The SMILES string of the molecule is CCC[C@H](NC(=O)N1CCN(C(C)CC)CC1)C(=O)O. The smallest absolute Gasteiger partial charge is 0.326 e. The maximum atomic E-state index is 12.1. The van der Waals surface area contributed by atoms with E-state index in [0.717, 1.165) is 25.9 Å². The van der Waals surface area contributed by atoms with Gasteiger partial charge < -0.3 is 15.3 Å². The number of carboxylic acid groups (broad SMARTS) is 1. The molecular formula is C14H27N3O3. The predicted molar refractivity (Wildman–Crippen MR) is 77.8 cm³/mol. The third-order valence-electron chi connectivity index (χ3n) is 3.99. The molecule has 1 saturated heterocycles. The van der Waals surface area contributed by atoms with Gasteiger partial charge in [-0.15, -0.1) is 0 Å². The first-order valence-corrected chi connectivity index (χ1v) is 7.51. The molecule has 0 aromatic carbocycles. The summed E-state index contributed by atoms with van der Waals surface area (Å²) in [5, 5.41) is 11.7. The van der Waals surface area contributed by atoms with E-state index in [9.17, 15) is 9.59 Å². The third-order valence-corrected chi connectivity index (χ3v) is 3.99. The molecule has 1 rings (SSSR count). The number of urea groups is 1. The largest absolute Gasteiger partial charge is 0.480 e. The lowest BCUT2D eigenvalue weighted by Gasteiger charge is -2.38. The maximum absolute atomic E-state index is 12.1. The van der Waals surface area contributed by atoms with Gasteiger partial charge in [-0.3, -0.25) is 4.90 Å². The molecule has 0 aromatic rings. The Morgan fingerprint density at radius 1 is 1.20 bits per heavy atom. The van der Waals surface area contributed by atoms with E-state index in [2.05, 4.69) is 24.1 Å². The zero-order valence-electron chi connectivity index (χ0n) is 12.8. The standard InChI is InChI=1S/C14H27N3O3/c1-4-6-12(13(18)19)15-14(20)17-9-7-16(8-10-17)11(3)5-2/h11-12H,4-10H2,1-3H3,(H,15,20)(H,18,19)/t11?,12-/m0/s1. The van der Waals surface area contributed by atoms with Crippen LogP contribution in [-0.4, -0.2) is 65.2 Å². The number of nitrogens with one attached hydrogen (secondary N) is 1. The summed E-state index contributed by atoms with van der Waals surface area (Å²) in [6, 6.07) is -0.498. The van der Waals surface area contributed by atoms with Gasteiger partial charge in [-0.2, -0.15) is 0 Å². The van der Waals surface area contributed by atoms with Gasteiger partial charge >= 0.3 is 12.0 Å². The van der Waals surface area contributed by atoms with Crippen LogP contribution in [0.25, 0.3) is 0 Å². The van der Waals surface area contributed by atoms with Crippen LogP contribution in [0.2, 0.25) is 0 Å². The summed E-state index contributed by atoms with van der Waals surface area (Å²) < 4.78 is 0. The number of amides is 2. The minimum absolute atomic E-state index is 0.255. The van der Waals surface area contributed by atoms with Gasteiger partial charge in [0.25, 0.3) is 0 Å². The highest BCUT2D eigenvalue weighted by atomic mass is 16.4. The van der Waals surface area contributed by atoms with E-state index >= 15 is 0 Å². The minimum Gasteiger partial charge on any atom is -0.480 e. The van der Waals surface area contributed by atoms with Crippen molar-refractivity contribution in [3.63, 3.8) is 0 Å². The van der Waals surface area contributed by atoms with Crippen LogP contribution in [-0.2, 0) is 4.79 Å². The number of aliphatic carboxylic acids is 1. The van der Waals surface area contributed by atoms with Gasteiger partial charge in [0.2, 0.25) is 0 Å². The normalized spacial score (nSPS) is 19.4. The third kappa shape index (κ3) is 4.67. The Morgan fingerprint density at radius 2 is 1.80 bits per heavy atom. The van der Waals surface area contributed by atoms with Crippen molar-refractivity contribution in [2.45, 2.75) is 52.1 Å². The van der Waals surface area contributed by atoms with E-state index in [4.69, 9.17) is 5.11 Å². The fourth-order valence-corrected chi connectivity index (χ4v) is 2.41. The number of hydrogen-bond acceptors (Lipinski definition) is 3. The molecule has 0 aromatic heterocycles. The van der Waals surface area contributed by atoms with Gasteiger partial charge in [-0.25, -0.2) is 9.59 Å². The van der Waals surface area contributed by atoms with Crippen molar-refractivity contribution in [2.75, 3.05) is 26.2 Å². The van der Waals surface area contributed by atoms with Crippen molar-refractivity contribution >= 4 is 12.0 Å². The van der Waals surface area contributed by atoms with Gasteiger partial charge in [0, 0.05) is 32.2 Å². The monoisotopic (exact) mass is 285 g/mol. The second-order valence-electron chi connectivity index (χ2n) is 5.41. The topological polar surface area (TPSA) is 72.9 Å². The van der Waals surface area contributed by atoms with Gasteiger partial charge in [-0.05, 0) is 19.8 Å². The molecule has 2 N–H and O–H groups in total. The quantitative estimate of drug-likeness (QED) is 0.773. The molecule has 2 atom stereocenters. The lowest BCUT2D eigenvalue weighted by molar-refractivity contribution is -0.139. The molecule has 0 radical (unpaired) electrons. The van der Waals surface area contributed by atoms with E-state index in [1.807, 2.05) is 6.92 Å². The highest BCUT2D eigenvalue weighted by Gasteiger charge is 2.26. The van der Waals surface area contributed by atoms with Gasteiger partial charge in [0.1, 0.15) is 6.04 Å². The Bertz CT molecular complexity index is 328. The molecule has 0 saturated carbocycles. The van der Waals surface area contributed by atoms with Crippen molar-refractivity contribution < 1.29 is 14.7 Å². The molecule has 20 heavy (non-hydrogen) atoms. The van der Waals surface area contributed by atoms with Gasteiger partial charge in [0.15, 0.2) is 0 Å². The Labute approximate surface area is 121 Å². The van der Waals surface area contributed by atoms with Crippen molar-refractivity contribution in [2.24, 2.45) is 0 Å². The summed E-state index contributed by atoms with van der Waals surface area (Å²) in [4.78, 5) is 27.2. The number of carboxylic acids is 1. The molecule has 0 spiro atoms. The Balaban J connectivity index is 2.44. The molecule has 1 fully saturated rings. The fraction of sp³-hybridized carbons (Fsp3) is 0.857. The van der Waals surface area contributed by atoms with Crippen LogP contribution >= 0.6 is 0 Å². The summed E-state index contributed by atoms with van der Waals surface area (Å²) in [7, 11) is 0. The molecule has 1 aliphatic rings. The van der Waals surface area contributed by atoms with Crippen LogP contribution < -0.4 is 5.32 Å². The average Bonchev–Trinajstić information content (AvgIpc) is 2.45. The first-order chi connectivity index (χ1) is 9.49. The van der Waals surface area contributed by atoms with Crippen molar-refractivity contribution in [3.05, 3.63) is 0 Å². The highest BCUT2D eigenvalue weighted by Crippen LogP contribution is 2.09. The first-order valence-electron chi connectivity index (χ1n) is 7.51.